The lowest BCUT2D eigenvalue weighted by molar-refractivity contribution is 0.0849. The van der Waals surface area contributed by atoms with E-state index in [0.29, 0.717) is 5.92 Å². The van der Waals surface area contributed by atoms with Gasteiger partial charge in [0.15, 0.2) is 0 Å². The Labute approximate surface area is 157 Å². The van der Waals surface area contributed by atoms with Gasteiger partial charge in [0.2, 0.25) is 0 Å². The van der Waals surface area contributed by atoms with E-state index in [0.717, 1.165) is 51.1 Å². The molecule has 2 heterocycles. The van der Waals surface area contributed by atoms with Gasteiger partial charge in [0, 0.05) is 25.8 Å². The summed E-state index contributed by atoms with van der Waals surface area (Å²) in [5, 5.41) is 10.6. The molecule has 0 spiro atoms. The van der Waals surface area contributed by atoms with Gasteiger partial charge in [-0.25, -0.2) is 4.98 Å². The average Bonchev–Trinajstić information content (AvgIpc) is 2.67. The Morgan fingerprint density at radius 3 is 2.42 bits per heavy atom. The normalized spacial score (nSPS) is 16.8. The maximum Gasteiger partial charge on any atom is 0.128 e. The van der Waals surface area contributed by atoms with Crippen molar-refractivity contribution in [2.75, 3.05) is 32.1 Å². The third kappa shape index (κ3) is 5.29. The fraction of sp³-hybridized carbons (Fsp3) is 0.500. The summed E-state index contributed by atoms with van der Waals surface area (Å²) in [4.78, 5) is 9.14. The first kappa shape index (κ1) is 18.9. The van der Waals surface area contributed by atoms with Crippen LogP contribution < -0.4 is 4.90 Å². The Hall–Kier alpha value is -1.91. The Morgan fingerprint density at radius 2 is 1.81 bits per heavy atom. The summed E-state index contributed by atoms with van der Waals surface area (Å²) in [7, 11) is 4.14. The lowest BCUT2D eigenvalue weighted by atomic mass is 9.88. The Kier molecular flexibility index (Phi) is 6.64. The second kappa shape index (κ2) is 9.15. The van der Waals surface area contributed by atoms with Gasteiger partial charge in [-0.05, 0) is 62.9 Å². The van der Waals surface area contributed by atoms with Crippen LogP contribution >= 0.6 is 0 Å². The summed E-state index contributed by atoms with van der Waals surface area (Å²) in [5.74, 6) is 1.47. The number of nitrogens with zero attached hydrogens (tertiary/aromatic N) is 3. The molecule has 0 saturated carbocycles. The van der Waals surface area contributed by atoms with E-state index in [1.807, 2.05) is 12.3 Å². The quantitative estimate of drug-likeness (QED) is 0.829. The first-order valence-corrected chi connectivity index (χ1v) is 9.68. The van der Waals surface area contributed by atoms with Gasteiger partial charge >= 0.3 is 0 Å². The maximum absolute atomic E-state index is 10.6. The topological polar surface area (TPSA) is 39.6 Å². The van der Waals surface area contributed by atoms with E-state index in [1.54, 1.807) is 0 Å². The van der Waals surface area contributed by atoms with E-state index in [-0.39, 0.29) is 6.10 Å². The standard InChI is InChI=1S/C22H31N3O/c1-24(2)17-19-9-11-22(23-16-19)25-14-12-20(13-15-25)21(26)10-8-18-6-4-3-5-7-18/h3-7,9,11,16,20-21,26H,8,10,12-15,17H2,1-2H3. The van der Waals surface area contributed by atoms with Gasteiger partial charge in [-0.3, -0.25) is 0 Å². The largest absolute Gasteiger partial charge is 0.393 e. The highest BCUT2D eigenvalue weighted by atomic mass is 16.3. The number of pyridine rings is 1. The van der Waals surface area contributed by atoms with Crippen LogP contribution in [0.1, 0.15) is 30.4 Å². The number of aliphatic hydroxyl groups is 1. The average molecular weight is 354 g/mol. The predicted molar refractivity (Wildman–Crippen MR) is 107 cm³/mol. The summed E-state index contributed by atoms with van der Waals surface area (Å²) in [5.41, 5.74) is 2.55. The molecule has 3 rings (SSSR count). The molecule has 140 valence electrons. The molecule has 0 bridgehead atoms. The van der Waals surface area contributed by atoms with Crippen molar-refractivity contribution < 1.29 is 5.11 Å². The van der Waals surface area contributed by atoms with Crippen molar-refractivity contribution in [2.24, 2.45) is 5.92 Å². The Bertz CT molecular complexity index is 649. The molecule has 1 aromatic heterocycles. The second-order valence-electron chi connectivity index (χ2n) is 7.68. The van der Waals surface area contributed by atoms with Crippen molar-refractivity contribution in [1.29, 1.82) is 0 Å². The fourth-order valence-electron chi connectivity index (χ4n) is 3.77. The molecule has 1 saturated heterocycles. The van der Waals surface area contributed by atoms with E-state index in [2.05, 4.69) is 65.3 Å². The molecular weight excluding hydrogens is 322 g/mol. The zero-order chi connectivity index (χ0) is 18.4. The molecule has 26 heavy (non-hydrogen) atoms. The third-order valence-corrected chi connectivity index (χ3v) is 5.29. The molecule has 2 aromatic rings. The highest BCUT2D eigenvalue weighted by molar-refractivity contribution is 5.39. The van der Waals surface area contributed by atoms with Gasteiger partial charge in [-0.15, -0.1) is 0 Å². The number of rotatable bonds is 7. The van der Waals surface area contributed by atoms with E-state index in [9.17, 15) is 5.11 Å². The second-order valence-corrected chi connectivity index (χ2v) is 7.68. The Morgan fingerprint density at radius 1 is 1.08 bits per heavy atom. The van der Waals surface area contributed by atoms with Crippen molar-refractivity contribution >= 4 is 5.82 Å². The monoisotopic (exact) mass is 353 g/mol. The van der Waals surface area contributed by atoms with Crippen LogP contribution in [-0.2, 0) is 13.0 Å². The van der Waals surface area contributed by atoms with Gasteiger partial charge < -0.3 is 14.9 Å². The molecule has 1 aromatic carbocycles. The van der Waals surface area contributed by atoms with Gasteiger partial charge in [-0.2, -0.15) is 0 Å². The van der Waals surface area contributed by atoms with Gasteiger partial charge in [0.1, 0.15) is 5.82 Å². The minimum Gasteiger partial charge on any atom is -0.393 e. The number of anilines is 1. The Balaban J connectivity index is 1.46. The minimum atomic E-state index is -0.201. The molecular formula is C22H31N3O. The zero-order valence-electron chi connectivity index (χ0n) is 16.0. The van der Waals surface area contributed by atoms with Crippen LogP contribution in [0, 0.1) is 5.92 Å². The number of hydrogen-bond donors (Lipinski definition) is 1. The molecule has 1 atom stereocenters. The summed E-state index contributed by atoms with van der Waals surface area (Å²) in [6.07, 6.45) is 5.67. The van der Waals surface area contributed by atoms with Crippen LogP contribution in [0.4, 0.5) is 5.82 Å². The smallest absolute Gasteiger partial charge is 0.128 e. The van der Waals surface area contributed by atoms with Crippen LogP contribution in [0.2, 0.25) is 0 Å². The molecule has 0 radical (unpaired) electrons. The maximum atomic E-state index is 10.6. The van der Waals surface area contributed by atoms with Crippen molar-refractivity contribution in [3.8, 4) is 0 Å². The first-order chi connectivity index (χ1) is 12.6. The fourth-order valence-corrected chi connectivity index (χ4v) is 3.77. The third-order valence-electron chi connectivity index (χ3n) is 5.29. The van der Waals surface area contributed by atoms with Crippen LogP contribution in [0.25, 0.3) is 0 Å². The summed E-state index contributed by atoms with van der Waals surface area (Å²) < 4.78 is 0. The summed E-state index contributed by atoms with van der Waals surface area (Å²) in [6.45, 7) is 2.88. The van der Waals surface area contributed by atoms with Crippen molar-refractivity contribution in [1.82, 2.24) is 9.88 Å². The number of aromatic nitrogens is 1. The van der Waals surface area contributed by atoms with E-state index < -0.39 is 0 Å². The van der Waals surface area contributed by atoms with Crippen LogP contribution in [0.5, 0.6) is 0 Å². The minimum absolute atomic E-state index is 0.201. The highest BCUT2D eigenvalue weighted by Gasteiger charge is 2.25. The number of hydrogen-bond acceptors (Lipinski definition) is 4. The van der Waals surface area contributed by atoms with Crippen LogP contribution in [0.15, 0.2) is 48.7 Å². The highest BCUT2D eigenvalue weighted by Crippen LogP contribution is 2.26. The zero-order valence-corrected chi connectivity index (χ0v) is 16.0. The molecule has 1 aliphatic heterocycles. The van der Waals surface area contributed by atoms with Crippen LogP contribution in [0.3, 0.4) is 0 Å². The number of aryl methyl sites for hydroxylation is 1. The molecule has 1 unspecified atom stereocenters. The van der Waals surface area contributed by atoms with E-state index in [1.165, 1.54) is 11.1 Å². The van der Waals surface area contributed by atoms with Gasteiger partial charge in [0.05, 0.1) is 6.10 Å². The summed E-state index contributed by atoms with van der Waals surface area (Å²) >= 11 is 0. The number of benzene rings is 1. The SMILES string of the molecule is CN(C)Cc1ccc(N2CCC(C(O)CCc3ccccc3)CC2)nc1. The lowest BCUT2D eigenvalue weighted by Gasteiger charge is -2.35. The van der Waals surface area contributed by atoms with Gasteiger partial charge in [-0.1, -0.05) is 36.4 Å². The molecule has 4 nitrogen and oxygen atoms in total. The first-order valence-electron chi connectivity index (χ1n) is 9.68. The molecule has 0 aliphatic carbocycles. The van der Waals surface area contributed by atoms with Gasteiger partial charge in [0.25, 0.3) is 0 Å². The molecule has 1 aliphatic rings. The van der Waals surface area contributed by atoms with Crippen molar-refractivity contribution in [3.05, 3.63) is 59.8 Å². The van der Waals surface area contributed by atoms with E-state index in [4.69, 9.17) is 0 Å². The molecule has 0 amide bonds. The lowest BCUT2D eigenvalue weighted by Crippen LogP contribution is -2.38. The molecule has 1 fully saturated rings. The van der Waals surface area contributed by atoms with E-state index >= 15 is 0 Å². The van der Waals surface area contributed by atoms with Crippen molar-refractivity contribution in [3.63, 3.8) is 0 Å². The number of aliphatic hydroxyl groups excluding tert-OH is 1. The van der Waals surface area contributed by atoms with Crippen molar-refractivity contribution in [2.45, 2.75) is 38.3 Å². The molecule has 4 heteroatoms. The summed E-state index contributed by atoms with van der Waals surface area (Å²) in [6, 6.07) is 14.8. The predicted octanol–water partition coefficient (Wildman–Crippen LogP) is 3.35. The van der Waals surface area contributed by atoms with Crippen LogP contribution in [-0.4, -0.2) is 48.3 Å². The number of piperidine rings is 1. The molecule has 1 N–H and O–H groups in total.